The van der Waals surface area contributed by atoms with E-state index in [1.165, 1.54) is 12.1 Å². The number of amides is 2. The quantitative estimate of drug-likeness (QED) is 0.768. The molecule has 6 nitrogen and oxygen atoms in total. The molecule has 0 aromatic heterocycles. The Labute approximate surface area is 122 Å². The second-order valence-electron chi connectivity index (χ2n) is 4.20. The number of aliphatic hydroxyl groups is 1. The van der Waals surface area contributed by atoms with Gasteiger partial charge in [-0.2, -0.15) is 8.78 Å². The Kier molecular flexibility index (Phi) is 4.66. The number of nitrogens with zero attached hydrogens (tertiary/aromatic N) is 1. The molecule has 2 N–H and O–H groups in total. The van der Waals surface area contributed by atoms with E-state index in [-0.39, 0.29) is 17.9 Å². The summed E-state index contributed by atoms with van der Waals surface area (Å²) in [5.74, 6) is -3.24. The number of aliphatic hydroxyl groups excluding tert-OH is 1. The van der Waals surface area contributed by atoms with Crippen molar-refractivity contribution in [2.75, 3.05) is 18.5 Å². The number of anilines is 1. The van der Waals surface area contributed by atoms with Gasteiger partial charge < -0.3 is 15.2 Å². The summed E-state index contributed by atoms with van der Waals surface area (Å²) in [6.45, 7) is -3.88. The first-order valence-electron chi connectivity index (χ1n) is 6.12. The zero-order chi connectivity index (χ0) is 16.3. The molecule has 0 unspecified atom stereocenters. The zero-order valence-electron chi connectivity index (χ0n) is 11.1. The van der Waals surface area contributed by atoms with E-state index in [1.54, 1.807) is 0 Å². The maximum Gasteiger partial charge on any atom is 0.387 e. The Morgan fingerprint density at radius 2 is 2.05 bits per heavy atom. The summed E-state index contributed by atoms with van der Waals surface area (Å²) in [6, 6.07) is 3.36. The molecule has 118 valence electrons. The molecule has 0 saturated carbocycles. The Hall–Kier alpha value is -2.55. The lowest BCUT2D eigenvalue weighted by atomic mass is 10.2. The van der Waals surface area contributed by atoms with Crippen LogP contribution in [0.15, 0.2) is 30.0 Å². The van der Waals surface area contributed by atoms with Crippen LogP contribution in [0.2, 0.25) is 0 Å². The molecular formula is C13H11F3N2O4. The summed E-state index contributed by atoms with van der Waals surface area (Å²) in [6.07, 6.45) is 0.926. The van der Waals surface area contributed by atoms with E-state index in [0.717, 1.165) is 17.0 Å². The summed E-state index contributed by atoms with van der Waals surface area (Å²) >= 11 is 0. The summed E-state index contributed by atoms with van der Waals surface area (Å²) in [5.41, 5.74) is -0.457. The largest absolute Gasteiger partial charge is 0.429 e. The van der Waals surface area contributed by atoms with Gasteiger partial charge >= 0.3 is 6.61 Å². The molecule has 0 bridgehead atoms. The number of para-hydroxylation sites is 1. The second kappa shape index (κ2) is 6.48. The average Bonchev–Trinajstić information content (AvgIpc) is 2.70. The van der Waals surface area contributed by atoms with Crippen molar-refractivity contribution in [3.8, 4) is 5.75 Å². The van der Waals surface area contributed by atoms with Crippen LogP contribution in [-0.4, -0.2) is 41.6 Å². The molecule has 0 aliphatic carbocycles. The molecule has 0 saturated heterocycles. The van der Waals surface area contributed by atoms with Crippen LogP contribution in [0.1, 0.15) is 0 Å². The van der Waals surface area contributed by atoms with Gasteiger partial charge in [0.25, 0.3) is 11.8 Å². The first-order valence-corrected chi connectivity index (χ1v) is 6.12. The number of hydrogen-bond donors (Lipinski definition) is 2. The highest BCUT2D eigenvalue weighted by atomic mass is 19.3. The van der Waals surface area contributed by atoms with Crippen LogP contribution < -0.4 is 10.1 Å². The molecule has 0 atom stereocenters. The van der Waals surface area contributed by atoms with Gasteiger partial charge in [-0.3, -0.25) is 14.5 Å². The third-order valence-corrected chi connectivity index (χ3v) is 2.78. The van der Waals surface area contributed by atoms with Crippen LogP contribution in [0.5, 0.6) is 5.75 Å². The van der Waals surface area contributed by atoms with E-state index in [0.29, 0.717) is 0 Å². The minimum atomic E-state index is -3.25. The molecular weight excluding hydrogens is 305 g/mol. The fourth-order valence-electron chi connectivity index (χ4n) is 1.87. The van der Waals surface area contributed by atoms with Crippen molar-refractivity contribution >= 4 is 17.5 Å². The molecule has 22 heavy (non-hydrogen) atoms. The van der Waals surface area contributed by atoms with Gasteiger partial charge in [-0.1, -0.05) is 6.07 Å². The number of β-amino-alcohol motifs (C(OH)–C–C–N with tert-alkyl or cyclic N) is 1. The Morgan fingerprint density at radius 3 is 2.68 bits per heavy atom. The third kappa shape index (κ3) is 3.19. The average molecular weight is 316 g/mol. The van der Waals surface area contributed by atoms with Gasteiger partial charge in [0.1, 0.15) is 5.70 Å². The first-order chi connectivity index (χ1) is 10.4. The topological polar surface area (TPSA) is 78.9 Å². The van der Waals surface area contributed by atoms with Crippen LogP contribution in [0.4, 0.5) is 18.9 Å². The molecule has 0 spiro atoms. The van der Waals surface area contributed by atoms with E-state index in [9.17, 15) is 22.8 Å². The maximum absolute atomic E-state index is 13.5. The van der Waals surface area contributed by atoms with Crippen LogP contribution in [0.25, 0.3) is 0 Å². The summed E-state index contributed by atoms with van der Waals surface area (Å²) in [5, 5.41) is 11.2. The fraction of sp³-hybridized carbons (Fsp3) is 0.231. The van der Waals surface area contributed by atoms with Gasteiger partial charge in [-0.25, -0.2) is 4.39 Å². The van der Waals surface area contributed by atoms with Crippen molar-refractivity contribution in [3.63, 3.8) is 0 Å². The Morgan fingerprint density at radius 1 is 1.32 bits per heavy atom. The number of benzene rings is 1. The number of imide groups is 1. The van der Waals surface area contributed by atoms with Gasteiger partial charge in [0.05, 0.1) is 18.8 Å². The molecule has 1 aliphatic rings. The number of alkyl halides is 2. The molecule has 0 fully saturated rings. The number of carbonyl (C=O) groups is 2. The van der Waals surface area contributed by atoms with Crippen molar-refractivity contribution in [3.05, 3.63) is 35.8 Å². The summed E-state index contributed by atoms with van der Waals surface area (Å²) in [4.78, 5) is 24.2. The number of rotatable bonds is 6. The minimum absolute atomic E-state index is 0.205. The van der Waals surface area contributed by atoms with Gasteiger partial charge in [0.15, 0.2) is 11.6 Å². The lowest BCUT2D eigenvalue weighted by Crippen LogP contribution is -2.34. The molecule has 1 aromatic rings. The van der Waals surface area contributed by atoms with Crippen molar-refractivity contribution in [1.82, 2.24) is 4.90 Å². The minimum Gasteiger partial charge on any atom is -0.429 e. The number of hydrogen-bond acceptors (Lipinski definition) is 5. The number of ether oxygens (including phenoxy) is 1. The molecule has 0 radical (unpaired) electrons. The Balaban J connectivity index is 2.25. The predicted molar refractivity (Wildman–Crippen MR) is 68.5 cm³/mol. The van der Waals surface area contributed by atoms with Gasteiger partial charge in [0, 0.05) is 6.08 Å². The van der Waals surface area contributed by atoms with Crippen LogP contribution in [0, 0.1) is 5.82 Å². The van der Waals surface area contributed by atoms with E-state index in [1.807, 2.05) is 0 Å². The highest BCUT2D eigenvalue weighted by Gasteiger charge is 2.31. The van der Waals surface area contributed by atoms with Crippen molar-refractivity contribution in [1.29, 1.82) is 0 Å². The van der Waals surface area contributed by atoms with Crippen molar-refractivity contribution in [2.24, 2.45) is 0 Å². The smallest absolute Gasteiger partial charge is 0.387 e. The summed E-state index contributed by atoms with van der Waals surface area (Å²) < 4.78 is 42.2. The van der Waals surface area contributed by atoms with E-state index >= 15 is 0 Å². The first kappa shape index (κ1) is 15.8. The maximum atomic E-state index is 13.5. The molecule has 1 heterocycles. The van der Waals surface area contributed by atoms with Crippen molar-refractivity contribution < 1.29 is 32.6 Å². The lowest BCUT2D eigenvalue weighted by Gasteiger charge is -2.15. The number of carbonyl (C=O) groups excluding carboxylic acids is 2. The van der Waals surface area contributed by atoms with E-state index in [2.05, 4.69) is 10.1 Å². The molecule has 1 aromatic carbocycles. The predicted octanol–water partition coefficient (Wildman–Crippen LogP) is 1.08. The SMILES string of the molecule is O=C1C=C(Nc2cccc(F)c2OC(F)F)C(=O)N1CCO. The fourth-order valence-corrected chi connectivity index (χ4v) is 1.87. The van der Waals surface area contributed by atoms with E-state index in [4.69, 9.17) is 5.11 Å². The second-order valence-corrected chi connectivity index (χ2v) is 4.20. The van der Waals surface area contributed by atoms with Gasteiger partial charge in [-0.05, 0) is 12.1 Å². The summed E-state index contributed by atoms with van der Waals surface area (Å²) in [7, 11) is 0. The lowest BCUT2D eigenvalue weighted by molar-refractivity contribution is -0.137. The van der Waals surface area contributed by atoms with Crippen LogP contribution >= 0.6 is 0 Å². The van der Waals surface area contributed by atoms with Gasteiger partial charge in [-0.15, -0.1) is 0 Å². The Bertz CT molecular complexity index is 634. The molecule has 2 amide bonds. The van der Waals surface area contributed by atoms with Gasteiger partial charge in [0.2, 0.25) is 0 Å². The molecule has 9 heteroatoms. The third-order valence-electron chi connectivity index (χ3n) is 2.78. The monoisotopic (exact) mass is 316 g/mol. The molecule has 2 rings (SSSR count). The normalized spacial score (nSPS) is 14.6. The number of halogens is 3. The standard InChI is InChI=1S/C13H11F3N2O4/c14-7-2-1-3-8(11(7)22-13(15)16)17-9-6-10(20)18(4-5-19)12(9)21/h1-3,6,13,17,19H,4-5H2. The van der Waals surface area contributed by atoms with Crippen molar-refractivity contribution in [2.45, 2.75) is 6.61 Å². The highest BCUT2D eigenvalue weighted by Crippen LogP contribution is 2.31. The molecule has 1 aliphatic heterocycles. The van der Waals surface area contributed by atoms with Crippen LogP contribution in [0.3, 0.4) is 0 Å². The highest BCUT2D eigenvalue weighted by molar-refractivity contribution is 6.17. The number of nitrogens with one attached hydrogen (secondary N) is 1. The van der Waals surface area contributed by atoms with E-state index < -0.39 is 36.6 Å². The van der Waals surface area contributed by atoms with Crippen LogP contribution in [-0.2, 0) is 9.59 Å². The zero-order valence-corrected chi connectivity index (χ0v) is 11.1.